The summed E-state index contributed by atoms with van der Waals surface area (Å²) >= 11 is 11.9. The van der Waals surface area contributed by atoms with Crippen LogP contribution >= 0.6 is 23.2 Å². The van der Waals surface area contributed by atoms with E-state index in [1.165, 1.54) is 0 Å². The Hall–Kier alpha value is -0.350. The largest absolute Gasteiger partial charge is 0.382 e. The van der Waals surface area contributed by atoms with E-state index in [4.69, 9.17) is 23.2 Å². The van der Waals surface area contributed by atoms with Gasteiger partial charge in [-0.1, -0.05) is 29.3 Å². The maximum absolute atomic E-state index is 15.4. The minimum atomic E-state index is -1.67. The number of rotatable bonds is 3. The van der Waals surface area contributed by atoms with Crippen LogP contribution in [0.25, 0.3) is 0 Å². The second kappa shape index (κ2) is 5.80. The zero-order valence-electron chi connectivity index (χ0n) is 11.8. The van der Waals surface area contributed by atoms with Gasteiger partial charge in [0.15, 0.2) is 5.67 Å². The van der Waals surface area contributed by atoms with E-state index in [1.54, 1.807) is 23.1 Å². The third-order valence-corrected chi connectivity index (χ3v) is 4.81. The average molecular weight is 320 g/mol. The Kier molecular flexibility index (Phi) is 4.65. The summed E-state index contributed by atoms with van der Waals surface area (Å²) in [5.41, 5.74) is -2.67. The smallest absolute Gasteiger partial charge is 0.156 e. The van der Waals surface area contributed by atoms with Crippen LogP contribution in [0.4, 0.5) is 4.39 Å². The van der Waals surface area contributed by atoms with E-state index >= 15 is 4.39 Å². The predicted molar refractivity (Wildman–Crippen MR) is 81.2 cm³/mol. The SMILES string of the molecule is CN(C)CC1(F)CCCC[C@@]1(O)c1ccc(Cl)c(Cl)c1. The van der Waals surface area contributed by atoms with Gasteiger partial charge in [-0.15, -0.1) is 0 Å². The number of hydrogen-bond acceptors (Lipinski definition) is 2. The number of halogens is 3. The standard InChI is InChI=1S/C15H20Cl2FNO/c1-19(2)10-14(18)7-3-4-8-15(14,20)11-5-6-12(16)13(17)9-11/h5-6,9,20H,3-4,7-8,10H2,1-2H3/t14?,15-/m1/s1. The first-order chi connectivity index (χ1) is 9.28. The highest BCUT2D eigenvalue weighted by molar-refractivity contribution is 6.42. The van der Waals surface area contributed by atoms with Crippen molar-refractivity contribution < 1.29 is 9.50 Å². The quantitative estimate of drug-likeness (QED) is 0.909. The molecule has 1 fully saturated rings. The van der Waals surface area contributed by atoms with Gasteiger partial charge in [0, 0.05) is 6.54 Å². The van der Waals surface area contributed by atoms with Crippen molar-refractivity contribution in [1.82, 2.24) is 4.90 Å². The van der Waals surface area contributed by atoms with E-state index in [9.17, 15) is 5.11 Å². The van der Waals surface area contributed by atoms with Crippen molar-refractivity contribution in [3.63, 3.8) is 0 Å². The van der Waals surface area contributed by atoms with E-state index in [2.05, 4.69) is 0 Å². The minimum Gasteiger partial charge on any atom is -0.382 e. The van der Waals surface area contributed by atoms with Crippen LogP contribution in [0.2, 0.25) is 10.0 Å². The highest BCUT2D eigenvalue weighted by Gasteiger charge is 2.54. The molecular formula is C15H20Cl2FNO. The summed E-state index contributed by atoms with van der Waals surface area (Å²) < 4.78 is 15.4. The lowest BCUT2D eigenvalue weighted by atomic mass is 9.69. The fourth-order valence-electron chi connectivity index (χ4n) is 3.08. The van der Waals surface area contributed by atoms with Gasteiger partial charge in [0.05, 0.1) is 10.0 Å². The van der Waals surface area contributed by atoms with Crippen LogP contribution in [0.3, 0.4) is 0 Å². The molecule has 1 N–H and O–H groups in total. The van der Waals surface area contributed by atoms with Gasteiger partial charge in [-0.25, -0.2) is 4.39 Å². The molecule has 0 radical (unpaired) electrons. The van der Waals surface area contributed by atoms with E-state index < -0.39 is 11.3 Å². The summed E-state index contributed by atoms with van der Waals surface area (Å²) in [6.45, 7) is 0.184. The molecule has 0 aromatic heterocycles. The van der Waals surface area contributed by atoms with Crippen molar-refractivity contribution in [3.8, 4) is 0 Å². The Morgan fingerprint density at radius 2 is 1.85 bits per heavy atom. The first-order valence-corrected chi connectivity index (χ1v) is 7.56. The third kappa shape index (κ3) is 2.82. The number of aliphatic hydroxyl groups is 1. The van der Waals surface area contributed by atoms with Crippen LogP contribution in [0.1, 0.15) is 31.2 Å². The van der Waals surface area contributed by atoms with Gasteiger partial charge in [0.1, 0.15) is 5.60 Å². The van der Waals surface area contributed by atoms with Gasteiger partial charge in [0.25, 0.3) is 0 Å². The van der Waals surface area contributed by atoms with E-state index in [1.807, 2.05) is 14.1 Å². The predicted octanol–water partition coefficient (Wildman–Crippen LogP) is 4.02. The molecule has 0 amide bonds. The Balaban J connectivity index is 2.44. The molecule has 112 valence electrons. The Labute approximate surface area is 129 Å². The molecule has 2 rings (SSSR count). The first-order valence-electron chi connectivity index (χ1n) is 6.80. The summed E-state index contributed by atoms with van der Waals surface area (Å²) in [5, 5.41) is 11.8. The van der Waals surface area contributed by atoms with Gasteiger partial charge in [0.2, 0.25) is 0 Å². The second-order valence-electron chi connectivity index (χ2n) is 5.90. The Bertz CT molecular complexity index is 497. The highest BCUT2D eigenvalue weighted by atomic mass is 35.5. The monoisotopic (exact) mass is 319 g/mol. The van der Waals surface area contributed by atoms with Crippen molar-refractivity contribution in [3.05, 3.63) is 33.8 Å². The first kappa shape index (κ1) is 16.0. The molecule has 2 nitrogen and oxygen atoms in total. The van der Waals surface area contributed by atoms with Gasteiger partial charge in [-0.3, -0.25) is 0 Å². The lowest BCUT2D eigenvalue weighted by Gasteiger charge is -2.46. The molecule has 2 atom stereocenters. The van der Waals surface area contributed by atoms with Gasteiger partial charge >= 0.3 is 0 Å². The summed E-state index contributed by atoms with van der Waals surface area (Å²) in [7, 11) is 3.62. The lowest BCUT2D eigenvalue weighted by molar-refractivity contribution is -0.145. The molecule has 1 aromatic carbocycles. The molecule has 1 saturated carbocycles. The van der Waals surface area contributed by atoms with E-state index in [0.29, 0.717) is 28.5 Å². The van der Waals surface area contributed by atoms with E-state index in [-0.39, 0.29) is 6.54 Å². The fourth-order valence-corrected chi connectivity index (χ4v) is 3.38. The molecular weight excluding hydrogens is 300 g/mol. The molecule has 1 aliphatic carbocycles. The number of benzene rings is 1. The summed E-state index contributed by atoms with van der Waals surface area (Å²) in [6, 6.07) is 4.87. The van der Waals surface area contributed by atoms with Gasteiger partial charge in [-0.2, -0.15) is 0 Å². The number of nitrogens with zero attached hydrogens (tertiary/aromatic N) is 1. The Morgan fingerprint density at radius 3 is 2.45 bits per heavy atom. The summed E-state index contributed by atoms with van der Waals surface area (Å²) in [5.74, 6) is 0. The molecule has 0 spiro atoms. The topological polar surface area (TPSA) is 23.5 Å². The minimum absolute atomic E-state index is 0.184. The van der Waals surface area contributed by atoms with Crippen LogP contribution in [-0.2, 0) is 5.60 Å². The molecule has 0 aliphatic heterocycles. The average Bonchev–Trinajstić information content (AvgIpc) is 2.35. The van der Waals surface area contributed by atoms with Crippen molar-refractivity contribution in [2.45, 2.75) is 37.0 Å². The fraction of sp³-hybridized carbons (Fsp3) is 0.600. The molecule has 1 unspecified atom stereocenters. The molecule has 5 heteroatoms. The molecule has 20 heavy (non-hydrogen) atoms. The number of hydrogen-bond donors (Lipinski definition) is 1. The normalized spacial score (nSPS) is 30.8. The number of alkyl halides is 1. The second-order valence-corrected chi connectivity index (χ2v) is 6.71. The maximum Gasteiger partial charge on any atom is 0.156 e. The molecule has 0 heterocycles. The molecule has 1 aromatic rings. The van der Waals surface area contributed by atoms with Crippen LogP contribution in [-0.4, -0.2) is 36.3 Å². The van der Waals surface area contributed by atoms with Crippen LogP contribution in [0.15, 0.2) is 18.2 Å². The highest BCUT2D eigenvalue weighted by Crippen LogP contribution is 2.48. The van der Waals surface area contributed by atoms with Crippen LogP contribution in [0, 0.1) is 0 Å². The molecule has 0 bridgehead atoms. The van der Waals surface area contributed by atoms with Crippen molar-refractivity contribution in [2.24, 2.45) is 0 Å². The molecule has 0 saturated heterocycles. The van der Waals surface area contributed by atoms with Gasteiger partial charge < -0.3 is 10.0 Å². The maximum atomic E-state index is 15.4. The summed E-state index contributed by atoms with van der Waals surface area (Å²) in [6.07, 6.45) is 2.33. The summed E-state index contributed by atoms with van der Waals surface area (Å²) in [4.78, 5) is 1.77. The van der Waals surface area contributed by atoms with Gasteiger partial charge in [-0.05, 0) is 57.5 Å². The van der Waals surface area contributed by atoms with Crippen molar-refractivity contribution >= 4 is 23.2 Å². The third-order valence-electron chi connectivity index (χ3n) is 4.07. The zero-order valence-corrected chi connectivity index (χ0v) is 13.3. The zero-order chi connectivity index (χ0) is 15.0. The van der Waals surface area contributed by atoms with Crippen LogP contribution < -0.4 is 0 Å². The molecule has 1 aliphatic rings. The van der Waals surface area contributed by atoms with Crippen molar-refractivity contribution in [2.75, 3.05) is 20.6 Å². The van der Waals surface area contributed by atoms with Crippen molar-refractivity contribution in [1.29, 1.82) is 0 Å². The van der Waals surface area contributed by atoms with Crippen LogP contribution in [0.5, 0.6) is 0 Å². The lowest BCUT2D eigenvalue weighted by Crippen LogP contribution is -2.55. The van der Waals surface area contributed by atoms with E-state index in [0.717, 1.165) is 12.8 Å². The Morgan fingerprint density at radius 1 is 1.20 bits per heavy atom.